The van der Waals surface area contributed by atoms with Gasteiger partial charge in [0.15, 0.2) is 0 Å². The molecular weight excluding hydrogens is 324 g/mol. The zero-order chi connectivity index (χ0) is 18.9. The summed E-state index contributed by atoms with van der Waals surface area (Å²) in [4.78, 5) is 12.3. The van der Waals surface area contributed by atoms with E-state index in [1.54, 1.807) is 0 Å². The highest BCUT2D eigenvalue weighted by molar-refractivity contribution is 6.06. The number of amides is 1. The van der Waals surface area contributed by atoms with Gasteiger partial charge in [-0.1, -0.05) is 31.5 Å². The Morgan fingerprint density at radius 2 is 1.96 bits per heavy atom. The number of hydrogen-bond donors (Lipinski definition) is 3. The van der Waals surface area contributed by atoms with Gasteiger partial charge in [0, 0.05) is 11.9 Å². The van der Waals surface area contributed by atoms with Crippen molar-refractivity contribution in [1.29, 1.82) is 5.26 Å². The molecule has 0 spiro atoms. The molecule has 0 unspecified atom stereocenters. The molecule has 1 amide bonds. The fraction of sp³-hybridized carbons (Fsp3) is 0.238. The highest BCUT2D eigenvalue weighted by atomic mass is 16.1. The molecule has 0 atom stereocenters. The smallest absolute Gasteiger partial charge is 0.267 e. The Kier molecular flexibility index (Phi) is 6.81. The molecule has 5 heteroatoms. The Morgan fingerprint density at radius 3 is 2.58 bits per heavy atom. The van der Waals surface area contributed by atoms with Crippen LogP contribution in [0.4, 0.5) is 17.1 Å². The molecule has 2 rings (SSSR count). The number of nitrogens with one attached hydrogen (secondary N) is 2. The van der Waals surface area contributed by atoms with E-state index < -0.39 is 5.91 Å². The normalized spacial score (nSPS) is 10.9. The van der Waals surface area contributed by atoms with E-state index in [9.17, 15) is 10.1 Å². The number of carbonyl (C=O) groups is 1. The summed E-state index contributed by atoms with van der Waals surface area (Å²) in [5.74, 6) is -0.466. The number of benzene rings is 2. The van der Waals surface area contributed by atoms with E-state index in [1.165, 1.54) is 11.8 Å². The number of nitrogens with two attached hydrogens (primary N) is 1. The predicted octanol–water partition coefficient (Wildman–Crippen LogP) is 4.38. The second-order valence-electron chi connectivity index (χ2n) is 6.16. The van der Waals surface area contributed by atoms with Crippen molar-refractivity contribution in [3.05, 3.63) is 65.4 Å². The van der Waals surface area contributed by atoms with Gasteiger partial charge < -0.3 is 16.4 Å². The van der Waals surface area contributed by atoms with E-state index in [-0.39, 0.29) is 5.57 Å². The van der Waals surface area contributed by atoms with Crippen LogP contribution in [0.25, 0.3) is 0 Å². The summed E-state index contributed by atoms with van der Waals surface area (Å²) in [5, 5.41) is 14.9. The minimum atomic E-state index is -0.466. The number of nitriles is 1. The number of hydrogen-bond acceptors (Lipinski definition) is 4. The maximum atomic E-state index is 12.3. The summed E-state index contributed by atoms with van der Waals surface area (Å²) in [7, 11) is 0. The van der Waals surface area contributed by atoms with E-state index in [1.807, 2.05) is 55.5 Å². The van der Waals surface area contributed by atoms with Crippen LogP contribution in [-0.4, -0.2) is 5.91 Å². The lowest BCUT2D eigenvalue weighted by Crippen LogP contribution is -2.14. The summed E-state index contributed by atoms with van der Waals surface area (Å²) in [6, 6.07) is 15.1. The highest BCUT2D eigenvalue weighted by Gasteiger charge is 2.09. The second kappa shape index (κ2) is 9.28. The SMILES string of the molecule is CCCCc1ccc(NC(=O)/C(C#N)=C\Nc2ccc(C)cc2N)cc1. The molecule has 0 aliphatic rings. The molecule has 4 N–H and O–H groups in total. The van der Waals surface area contributed by atoms with Gasteiger partial charge in [-0.2, -0.15) is 5.26 Å². The van der Waals surface area contributed by atoms with Crippen molar-refractivity contribution in [2.45, 2.75) is 33.1 Å². The molecule has 0 fully saturated rings. The Morgan fingerprint density at radius 1 is 1.23 bits per heavy atom. The van der Waals surface area contributed by atoms with Crippen LogP contribution in [0.5, 0.6) is 0 Å². The van der Waals surface area contributed by atoms with Crippen LogP contribution >= 0.6 is 0 Å². The molecule has 5 nitrogen and oxygen atoms in total. The zero-order valence-corrected chi connectivity index (χ0v) is 15.2. The van der Waals surface area contributed by atoms with Gasteiger partial charge in [0.05, 0.1) is 11.4 Å². The molecule has 134 valence electrons. The fourth-order valence-electron chi connectivity index (χ4n) is 2.45. The third kappa shape index (κ3) is 5.38. The van der Waals surface area contributed by atoms with Crippen LogP contribution in [0.15, 0.2) is 54.2 Å². The molecule has 0 saturated heterocycles. The Labute approximate surface area is 154 Å². The van der Waals surface area contributed by atoms with Crippen molar-refractivity contribution in [1.82, 2.24) is 0 Å². The summed E-state index contributed by atoms with van der Waals surface area (Å²) in [6.07, 6.45) is 4.68. The standard InChI is InChI=1S/C21H24N4O/c1-3-4-5-16-7-9-18(10-8-16)25-21(26)17(13-22)14-24-20-11-6-15(2)12-19(20)23/h6-12,14,24H,3-5,23H2,1-2H3,(H,25,26)/b17-14-. The van der Waals surface area contributed by atoms with Crippen LogP contribution < -0.4 is 16.4 Å². The van der Waals surface area contributed by atoms with E-state index in [4.69, 9.17) is 5.73 Å². The summed E-state index contributed by atoms with van der Waals surface area (Å²) in [5.41, 5.74) is 10.0. The van der Waals surface area contributed by atoms with Crippen LogP contribution in [-0.2, 0) is 11.2 Å². The van der Waals surface area contributed by atoms with Crippen molar-refractivity contribution in [3.63, 3.8) is 0 Å². The monoisotopic (exact) mass is 348 g/mol. The Hall–Kier alpha value is -3.26. The number of nitrogens with zero attached hydrogens (tertiary/aromatic N) is 1. The van der Waals surface area contributed by atoms with Gasteiger partial charge in [-0.3, -0.25) is 4.79 Å². The van der Waals surface area contributed by atoms with Crippen molar-refractivity contribution < 1.29 is 4.79 Å². The van der Waals surface area contributed by atoms with Gasteiger partial charge in [-0.05, 0) is 55.2 Å². The first-order valence-corrected chi connectivity index (χ1v) is 8.66. The van der Waals surface area contributed by atoms with Gasteiger partial charge in [-0.25, -0.2) is 0 Å². The van der Waals surface area contributed by atoms with E-state index in [2.05, 4.69) is 17.6 Å². The van der Waals surface area contributed by atoms with E-state index in [0.29, 0.717) is 17.1 Å². The topological polar surface area (TPSA) is 90.9 Å². The number of carbonyl (C=O) groups excluding carboxylic acids is 1. The minimum absolute atomic E-state index is 0.0277. The third-order valence-electron chi connectivity index (χ3n) is 3.97. The fourth-order valence-corrected chi connectivity index (χ4v) is 2.45. The first-order chi connectivity index (χ1) is 12.5. The van der Waals surface area contributed by atoms with Gasteiger partial charge in [-0.15, -0.1) is 0 Å². The molecule has 0 aromatic heterocycles. The third-order valence-corrected chi connectivity index (χ3v) is 3.97. The molecule has 0 aliphatic heterocycles. The van der Waals surface area contributed by atoms with Crippen molar-refractivity contribution >= 4 is 23.0 Å². The van der Waals surface area contributed by atoms with Crippen molar-refractivity contribution in [2.75, 3.05) is 16.4 Å². The zero-order valence-electron chi connectivity index (χ0n) is 15.2. The lowest BCUT2D eigenvalue weighted by Gasteiger charge is -2.08. The van der Waals surface area contributed by atoms with Crippen LogP contribution in [0.3, 0.4) is 0 Å². The lowest BCUT2D eigenvalue weighted by molar-refractivity contribution is -0.112. The Bertz CT molecular complexity index is 832. The summed E-state index contributed by atoms with van der Waals surface area (Å²) < 4.78 is 0. The maximum absolute atomic E-state index is 12.3. The minimum Gasteiger partial charge on any atom is -0.397 e. The van der Waals surface area contributed by atoms with Crippen LogP contribution in [0.2, 0.25) is 0 Å². The van der Waals surface area contributed by atoms with Gasteiger partial charge >= 0.3 is 0 Å². The molecule has 0 saturated carbocycles. The highest BCUT2D eigenvalue weighted by Crippen LogP contribution is 2.20. The lowest BCUT2D eigenvalue weighted by atomic mass is 10.1. The number of nitrogen functional groups attached to an aromatic ring is 1. The van der Waals surface area contributed by atoms with E-state index >= 15 is 0 Å². The molecule has 0 heterocycles. The van der Waals surface area contributed by atoms with Crippen molar-refractivity contribution in [3.8, 4) is 6.07 Å². The van der Waals surface area contributed by atoms with Gasteiger partial charge in [0.1, 0.15) is 11.6 Å². The van der Waals surface area contributed by atoms with E-state index in [0.717, 1.165) is 24.8 Å². The van der Waals surface area contributed by atoms with Crippen LogP contribution in [0, 0.1) is 18.3 Å². The Balaban J connectivity index is 2.02. The molecule has 2 aromatic carbocycles. The number of rotatable bonds is 7. The summed E-state index contributed by atoms with van der Waals surface area (Å²) >= 11 is 0. The number of aryl methyl sites for hydroxylation is 2. The largest absolute Gasteiger partial charge is 0.397 e. The average molecular weight is 348 g/mol. The first kappa shape index (κ1) is 19.1. The second-order valence-corrected chi connectivity index (χ2v) is 6.16. The number of unbranched alkanes of at least 4 members (excludes halogenated alkanes) is 1. The quantitative estimate of drug-likeness (QED) is 0.393. The molecule has 2 aromatic rings. The molecular formula is C21H24N4O. The molecule has 0 radical (unpaired) electrons. The van der Waals surface area contributed by atoms with Crippen molar-refractivity contribution in [2.24, 2.45) is 0 Å². The van der Waals surface area contributed by atoms with Gasteiger partial charge in [0.2, 0.25) is 0 Å². The first-order valence-electron chi connectivity index (χ1n) is 8.66. The van der Waals surface area contributed by atoms with Crippen LogP contribution in [0.1, 0.15) is 30.9 Å². The number of anilines is 3. The molecule has 0 aliphatic carbocycles. The molecule has 26 heavy (non-hydrogen) atoms. The summed E-state index contributed by atoms with van der Waals surface area (Å²) in [6.45, 7) is 4.10. The average Bonchev–Trinajstić information content (AvgIpc) is 2.63. The predicted molar refractivity (Wildman–Crippen MR) is 107 cm³/mol. The maximum Gasteiger partial charge on any atom is 0.267 e. The van der Waals surface area contributed by atoms with Gasteiger partial charge in [0.25, 0.3) is 5.91 Å². The molecule has 0 bridgehead atoms.